The quantitative estimate of drug-likeness (QED) is 0.486. The lowest BCUT2D eigenvalue weighted by molar-refractivity contribution is -0.137. The van der Waals surface area contributed by atoms with Crippen LogP contribution < -0.4 is 16.2 Å². The van der Waals surface area contributed by atoms with Crippen LogP contribution >= 0.6 is 12.4 Å². The maximum atomic E-state index is 14.0. The predicted molar refractivity (Wildman–Crippen MR) is 116 cm³/mol. The second-order valence-corrected chi connectivity index (χ2v) is 6.76. The number of carboxylic acid groups (broad SMARTS) is 1. The summed E-state index contributed by atoms with van der Waals surface area (Å²) in [6.07, 6.45) is 1.50. The van der Waals surface area contributed by atoms with Crippen molar-refractivity contribution in [3.05, 3.63) is 77.7 Å². The van der Waals surface area contributed by atoms with Crippen LogP contribution in [-0.2, 0) is 11.2 Å². The third-order valence-corrected chi connectivity index (χ3v) is 4.36. The molecule has 2 aromatic carbocycles. The Morgan fingerprint density at radius 3 is 2.42 bits per heavy atom. The van der Waals surface area contributed by atoms with E-state index in [0.717, 1.165) is 29.0 Å². The Kier molecular flexibility index (Phi) is 8.07. The summed E-state index contributed by atoms with van der Waals surface area (Å²) in [7, 11) is 0. The van der Waals surface area contributed by atoms with Crippen molar-refractivity contribution < 1.29 is 23.8 Å². The molecular formula is C22H21ClFN3O4. The smallest absolute Gasteiger partial charge is 0.304 e. The van der Waals surface area contributed by atoms with Gasteiger partial charge in [0, 0.05) is 12.2 Å². The van der Waals surface area contributed by atoms with Gasteiger partial charge < -0.3 is 21.3 Å². The zero-order valence-electron chi connectivity index (χ0n) is 16.3. The first-order valence-corrected chi connectivity index (χ1v) is 9.12. The number of ether oxygens (including phenoxy) is 1. The molecule has 0 fully saturated rings. The zero-order valence-corrected chi connectivity index (χ0v) is 17.1. The molecule has 0 aliphatic heterocycles. The number of pyridine rings is 1. The Morgan fingerprint density at radius 2 is 1.81 bits per heavy atom. The number of nitrogens with two attached hydrogens (primary N) is 2. The molecule has 0 saturated carbocycles. The summed E-state index contributed by atoms with van der Waals surface area (Å²) in [6.45, 7) is 0. The van der Waals surface area contributed by atoms with Gasteiger partial charge in [-0.05, 0) is 41.3 Å². The van der Waals surface area contributed by atoms with Crippen LogP contribution in [0.3, 0.4) is 0 Å². The number of hydrogen-bond acceptors (Lipinski definition) is 5. The Balaban J connectivity index is 0.00000341. The highest BCUT2D eigenvalue weighted by Crippen LogP contribution is 2.27. The SMILES string of the molecule is Cl.NC(=O)c1cnc(Oc2ccc(-c3cccc(CC(N)CC(=O)O)c3)cc2)c(F)c1. The number of nitrogens with zero attached hydrogens (tertiary/aromatic N) is 1. The topological polar surface area (TPSA) is 129 Å². The molecule has 3 aromatic rings. The minimum absolute atomic E-state index is 0. The first kappa shape index (κ1) is 23.8. The van der Waals surface area contributed by atoms with Gasteiger partial charge in [0.1, 0.15) is 5.75 Å². The van der Waals surface area contributed by atoms with E-state index in [1.165, 1.54) is 0 Å². The molecule has 7 nitrogen and oxygen atoms in total. The average molecular weight is 446 g/mol. The number of carbonyl (C=O) groups excluding carboxylic acids is 1. The maximum Gasteiger partial charge on any atom is 0.304 e. The number of benzene rings is 2. The number of carboxylic acids is 1. The van der Waals surface area contributed by atoms with Crippen molar-refractivity contribution >= 4 is 24.3 Å². The van der Waals surface area contributed by atoms with Gasteiger partial charge in [-0.25, -0.2) is 9.37 Å². The van der Waals surface area contributed by atoms with Gasteiger partial charge in [-0.3, -0.25) is 9.59 Å². The first-order valence-electron chi connectivity index (χ1n) is 9.12. The molecule has 0 spiro atoms. The highest BCUT2D eigenvalue weighted by atomic mass is 35.5. The Hall–Kier alpha value is -3.49. The summed E-state index contributed by atoms with van der Waals surface area (Å²) in [5.41, 5.74) is 13.7. The summed E-state index contributed by atoms with van der Waals surface area (Å²) in [6, 6.07) is 15.1. The normalized spacial score (nSPS) is 11.3. The average Bonchev–Trinajstić information content (AvgIpc) is 2.69. The van der Waals surface area contributed by atoms with Crippen LogP contribution in [0.15, 0.2) is 60.8 Å². The van der Waals surface area contributed by atoms with Gasteiger partial charge in [0.25, 0.3) is 5.88 Å². The molecular weight excluding hydrogens is 425 g/mol. The number of aromatic nitrogens is 1. The molecule has 1 unspecified atom stereocenters. The van der Waals surface area contributed by atoms with Crippen LogP contribution in [0.2, 0.25) is 0 Å². The van der Waals surface area contributed by atoms with Crippen LogP contribution in [0.5, 0.6) is 11.6 Å². The number of primary amides is 1. The molecule has 1 heterocycles. The van der Waals surface area contributed by atoms with E-state index in [1.54, 1.807) is 24.3 Å². The predicted octanol–water partition coefficient (Wildman–Crippen LogP) is 3.55. The maximum absolute atomic E-state index is 14.0. The molecule has 0 aliphatic rings. The molecule has 162 valence electrons. The number of amides is 1. The van der Waals surface area contributed by atoms with Crippen LogP contribution in [0.25, 0.3) is 11.1 Å². The monoisotopic (exact) mass is 445 g/mol. The Bertz CT molecular complexity index is 1080. The molecule has 5 N–H and O–H groups in total. The molecule has 0 saturated heterocycles. The Morgan fingerprint density at radius 1 is 1.10 bits per heavy atom. The van der Waals surface area contributed by atoms with Gasteiger partial charge in [-0.15, -0.1) is 12.4 Å². The van der Waals surface area contributed by atoms with Crippen molar-refractivity contribution in [3.8, 4) is 22.8 Å². The molecule has 1 atom stereocenters. The second kappa shape index (κ2) is 10.5. The number of carbonyl (C=O) groups is 2. The molecule has 31 heavy (non-hydrogen) atoms. The van der Waals surface area contributed by atoms with E-state index in [-0.39, 0.29) is 30.3 Å². The number of hydrogen-bond donors (Lipinski definition) is 3. The molecule has 0 aliphatic carbocycles. The lowest BCUT2D eigenvalue weighted by atomic mass is 9.98. The van der Waals surface area contributed by atoms with Crippen molar-refractivity contribution in [3.63, 3.8) is 0 Å². The summed E-state index contributed by atoms with van der Waals surface area (Å²) in [4.78, 5) is 25.6. The first-order chi connectivity index (χ1) is 14.3. The largest absolute Gasteiger partial charge is 0.481 e. The van der Waals surface area contributed by atoms with Gasteiger partial charge >= 0.3 is 5.97 Å². The van der Waals surface area contributed by atoms with Gasteiger partial charge in [0.2, 0.25) is 5.91 Å². The molecule has 0 radical (unpaired) electrons. The fourth-order valence-electron chi connectivity index (χ4n) is 2.94. The molecule has 0 bridgehead atoms. The van der Waals surface area contributed by atoms with Gasteiger partial charge in [-0.2, -0.15) is 0 Å². The van der Waals surface area contributed by atoms with Crippen molar-refractivity contribution in [2.45, 2.75) is 18.9 Å². The second-order valence-electron chi connectivity index (χ2n) is 6.76. The third kappa shape index (κ3) is 6.50. The van der Waals surface area contributed by atoms with E-state index >= 15 is 0 Å². The van der Waals surface area contributed by atoms with Crippen LogP contribution in [0.1, 0.15) is 22.3 Å². The third-order valence-electron chi connectivity index (χ3n) is 4.36. The van der Waals surface area contributed by atoms with E-state index in [4.69, 9.17) is 21.3 Å². The summed E-state index contributed by atoms with van der Waals surface area (Å²) < 4.78 is 19.5. The fourth-order valence-corrected chi connectivity index (χ4v) is 2.94. The minimum atomic E-state index is -0.926. The standard InChI is InChI=1S/C22H20FN3O4.ClH/c23-19-10-16(21(25)29)12-26-22(19)30-18-6-4-14(5-7-18)15-3-1-2-13(8-15)9-17(24)11-20(27)28;/h1-8,10,12,17H,9,11,24H2,(H2,25,29)(H,27,28);1H. The van der Waals surface area contributed by atoms with E-state index in [2.05, 4.69) is 4.98 Å². The fraction of sp³-hybridized carbons (Fsp3) is 0.136. The Labute approximate surface area is 184 Å². The summed E-state index contributed by atoms with van der Waals surface area (Å²) in [5.74, 6) is -2.38. The number of aliphatic carboxylic acids is 1. The van der Waals surface area contributed by atoms with Crippen molar-refractivity contribution in [2.75, 3.05) is 0 Å². The van der Waals surface area contributed by atoms with Gasteiger partial charge in [0.05, 0.1) is 12.0 Å². The lowest BCUT2D eigenvalue weighted by Crippen LogP contribution is -2.26. The lowest BCUT2D eigenvalue weighted by Gasteiger charge is -2.11. The van der Waals surface area contributed by atoms with Crippen LogP contribution in [0, 0.1) is 5.82 Å². The molecule has 3 rings (SSSR count). The van der Waals surface area contributed by atoms with Crippen molar-refractivity contribution in [2.24, 2.45) is 11.5 Å². The van der Waals surface area contributed by atoms with Gasteiger partial charge in [0.15, 0.2) is 5.82 Å². The minimum Gasteiger partial charge on any atom is -0.481 e. The highest BCUT2D eigenvalue weighted by molar-refractivity contribution is 5.92. The van der Waals surface area contributed by atoms with Crippen molar-refractivity contribution in [1.82, 2.24) is 4.98 Å². The number of rotatable bonds is 8. The highest BCUT2D eigenvalue weighted by Gasteiger charge is 2.12. The zero-order chi connectivity index (χ0) is 21.7. The molecule has 1 aromatic heterocycles. The van der Waals surface area contributed by atoms with E-state index in [9.17, 15) is 14.0 Å². The van der Waals surface area contributed by atoms with Gasteiger partial charge in [-0.1, -0.05) is 36.4 Å². The number of halogens is 2. The van der Waals surface area contributed by atoms with E-state index in [1.807, 2.05) is 24.3 Å². The molecule has 9 heteroatoms. The summed E-state index contributed by atoms with van der Waals surface area (Å²) >= 11 is 0. The van der Waals surface area contributed by atoms with Crippen LogP contribution in [0.4, 0.5) is 4.39 Å². The van der Waals surface area contributed by atoms with Crippen molar-refractivity contribution in [1.29, 1.82) is 0 Å². The summed E-state index contributed by atoms with van der Waals surface area (Å²) in [5, 5.41) is 8.84. The van der Waals surface area contributed by atoms with Crippen LogP contribution in [-0.4, -0.2) is 28.0 Å². The van der Waals surface area contributed by atoms with E-state index in [0.29, 0.717) is 12.2 Å². The van der Waals surface area contributed by atoms with E-state index < -0.39 is 23.7 Å². The molecule has 1 amide bonds.